The first-order chi connectivity index (χ1) is 7.13. The Morgan fingerprint density at radius 1 is 1.47 bits per heavy atom. The maximum absolute atomic E-state index is 11.6. The number of likely N-dealkylation sites (N-methyl/N-ethyl adjacent to an activating group) is 1. The summed E-state index contributed by atoms with van der Waals surface area (Å²) in [6.07, 6.45) is 2.23. The van der Waals surface area contributed by atoms with E-state index in [1.807, 2.05) is 0 Å². The number of urea groups is 1. The fraction of sp³-hybridized carbons (Fsp3) is 0.800. The number of likely N-dealkylation sites (tertiary alicyclic amines) is 1. The van der Waals surface area contributed by atoms with E-state index in [1.54, 1.807) is 11.9 Å². The molecule has 2 N–H and O–H groups in total. The van der Waals surface area contributed by atoms with Crippen molar-refractivity contribution in [3.8, 4) is 0 Å². The minimum absolute atomic E-state index is 0.0558. The molecule has 1 rings (SSSR count). The van der Waals surface area contributed by atoms with E-state index in [1.165, 1.54) is 6.42 Å². The van der Waals surface area contributed by atoms with Gasteiger partial charge in [-0.15, -0.1) is 0 Å². The lowest BCUT2D eigenvalue weighted by molar-refractivity contribution is -0.119. The lowest BCUT2D eigenvalue weighted by atomic mass is 10.0. The Morgan fingerprint density at radius 2 is 2.20 bits per heavy atom. The summed E-state index contributed by atoms with van der Waals surface area (Å²) < 4.78 is 0. The SMILES string of the molecule is CNC(=O)CNC(=O)N1CCCC(C)C1. The van der Waals surface area contributed by atoms with Crippen molar-refractivity contribution in [3.63, 3.8) is 0 Å². The summed E-state index contributed by atoms with van der Waals surface area (Å²) in [6.45, 7) is 3.78. The third-order valence-corrected chi connectivity index (χ3v) is 2.62. The Morgan fingerprint density at radius 3 is 2.80 bits per heavy atom. The summed E-state index contributed by atoms with van der Waals surface area (Å²) in [5.74, 6) is 0.387. The van der Waals surface area contributed by atoms with E-state index in [2.05, 4.69) is 17.6 Å². The second-order valence-electron chi connectivity index (χ2n) is 4.03. The van der Waals surface area contributed by atoms with Crippen LogP contribution in [0.2, 0.25) is 0 Å². The minimum Gasteiger partial charge on any atom is -0.358 e. The van der Waals surface area contributed by atoms with Crippen molar-refractivity contribution in [1.29, 1.82) is 0 Å². The van der Waals surface area contributed by atoms with Crippen molar-refractivity contribution in [2.75, 3.05) is 26.7 Å². The number of nitrogens with zero attached hydrogens (tertiary/aromatic N) is 1. The number of hydrogen-bond acceptors (Lipinski definition) is 2. The van der Waals surface area contributed by atoms with Crippen molar-refractivity contribution in [2.45, 2.75) is 19.8 Å². The molecule has 0 saturated carbocycles. The Kier molecular flexibility index (Phi) is 4.39. The van der Waals surface area contributed by atoms with E-state index in [4.69, 9.17) is 0 Å². The Hall–Kier alpha value is -1.26. The number of carbonyl (C=O) groups excluding carboxylic acids is 2. The quantitative estimate of drug-likeness (QED) is 0.687. The standard InChI is InChI=1S/C10H19N3O2/c1-8-4-3-5-13(7-8)10(15)12-6-9(14)11-2/h8H,3-7H2,1-2H3,(H,11,14)(H,12,15). The predicted molar refractivity (Wildman–Crippen MR) is 57.4 cm³/mol. The molecule has 0 bridgehead atoms. The molecule has 0 spiro atoms. The van der Waals surface area contributed by atoms with Crippen molar-refractivity contribution in [1.82, 2.24) is 15.5 Å². The number of hydrogen-bond donors (Lipinski definition) is 2. The zero-order chi connectivity index (χ0) is 11.3. The average Bonchev–Trinajstić information content (AvgIpc) is 2.25. The molecule has 0 aromatic rings. The van der Waals surface area contributed by atoms with E-state index >= 15 is 0 Å². The highest BCUT2D eigenvalue weighted by molar-refractivity contribution is 5.83. The van der Waals surface area contributed by atoms with Gasteiger partial charge in [0.25, 0.3) is 0 Å². The zero-order valence-electron chi connectivity index (χ0n) is 9.38. The van der Waals surface area contributed by atoms with Gasteiger partial charge in [0.1, 0.15) is 0 Å². The molecular formula is C10H19N3O2. The molecule has 0 aromatic carbocycles. The van der Waals surface area contributed by atoms with Crippen LogP contribution in [-0.2, 0) is 4.79 Å². The van der Waals surface area contributed by atoms with Gasteiger partial charge in [0.05, 0.1) is 6.54 Å². The van der Waals surface area contributed by atoms with E-state index in [-0.39, 0.29) is 18.5 Å². The predicted octanol–water partition coefficient (Wildman–Crippen LogP) is 0.174. The maximum atomic E-state index is 11.6. The lowest BCUT2D eigenvalue weighted by Gasteiger charge is -2.30. The summed E-state index contributed by atoms with van der Waals surface area (Å²) in [6, 6.07) is -0.134. The van der Waals surface area contributed by atoms with Crippen LogP contribution in [-0.4, -0.2) is 43.5 Å². The van der Waals surface area contributed by atoms with Crippen molar-refractivity contribution >= 4 is 11.9 Å². The molecule has 5 heteroatoms. The van der Waals surface area contributed by atoms with Crippen LogP contribution in [0.15, 0.2) is 0 Å². The van der Waals surface area contributed by atoms with Crippen molar-refractivity contribution < 1.29 is 9.59 Å². The molecule has 0 radical (unpaired) electrons. The molecule has 0 aliphatic carbocycles. The maximum Gasteiger partial charge on any atom is 0.317 e. The molecule has 5 nitrogen and oxygen atoms in total. The summed E-state index contributed by atoms with van der Waals surface area (Å²) in [5, 5.41) is 5.06. The molecule has 1 aliphatic rings. The van der Waals surface area contributed by atoms with Crippen LogP contribution in [0.3, 0.4) is 0 Å². The van der Waals surface area contributed by atoms with E-state index in [9.17, 15) is 9.59 Å². The van der Waals surface area contributed by atoms with Crippen LogP contribution < -0.4 is 10.6 Å². The van der Waals surface area contributed by atoms with Gasteiger partial charge in [0.15, 0.2) is 0 Å². The van der Waals surface area contributed by atoms with Gasteiger partial charge < -0.3 is 15.5 Å². The number of carbonyl (C=O) groups is 2. The van der Waals surface area contributed by atoms with E-state index < -0.39 is 0 Å². The van der Waals surface area contributed by atoms with Gasteiger partial charge in [0.2, 0.25) is 5.91 Å². The number of piperidine rings is 1. The third kappa shape index (κ3) is 3.77. The van der Waals surface area contributed by atoms with Crippen LogP contribution in [0.25, 0.3) is 0 Å². The first-order valence-corrected chi connectivity index (χ1v) is 5.37. The molecule has 1 atom stereocenters. The third-order valence-electron chi connectivity index (χ3n) is 2.62. The topological polar surface area (TPSA) is 61.4 Å². The fourth-order valence-corrected chi connectivity index (χ4v) is 1.73. The van der Waals surface area contributed by atoms with Crippen LogP contribution in [0.4, 0.5) is 4.79 Å². The highest BCUT2D eigenvalue weighted by Gasteiger charge is 2.20. The Bertz CT molecular complexity index is 243. The number of rotatable bonds is 2. The molecule has 86 valence electrons. The zero-order valence-corrected chi connectivity index (χ0v) is 9.38. The van der Waals surface area contributed by atoms with Gasteiger partial charge in [-0.3, -0.25) is 4.79 Å². The van der Waals surface area contributed by atoms with Gasteiger partial charge in [0, 0.05) is 20.1 Å². The Labute approximate surface area is 90.2 Å². The fourth-order valence-electron chi connectivity index (χ4n) is 1.73. The van der Waals surface area contributed by atoms with E-state index in [0.717, 1.165) is 19.5 Å². The first kappa shape index (κ1) is 11.8. The van der Waals surface area contributed by atoms with Crippen molar-refractivity contribution in [2.24, 2.45) is 5.92 Å². The van der Waals surface area contributed by atoms with Crippen LogP contribution in [0, 0.1) is 5.92 Å². The summed E-state index contributed by atoms with van der Waals surface area (Å²) in [7, 11) is 1.55. The number of nitrogens with one attached hydrogen (secondary N) is 2. The average molecular weight is 213 g/mol. The largest absolute Gasteiger partial charge is 0.358 e. The highest BCUT2D eigenvalue weighted by Crippen LogP contribution is 2.14. The molecule has 1 fully saturated rings. The van der Waals surface area contributed by atoms with Crippen LogP contribution >= 0.6 is 0 Å². The van der Waals surface area contributed by atoms with Crippen LogP contribution in [0.1, 0.15) is 19.8 Å². The minimum atomic E-state index is -0.173. The molecule has 1 aliphatic heterocycles. The van der Waals surface area contributed by atoms with Gasteiger partial charge in [-0.2, -0.15) is 0 Å². The second kappa shape index (κ2) is 5.58. The lowest BCUT2D eigenvalue weighted by Crippen LogP contribution is -2.47. The molecule has 1 unspecified atom stereocenters. The molecule has 3 amide bonds. The van der Waals surface area contributed by atoms with E-state index in [0.29, 0.717) is 5.92 Å². The summed E-state index contributed by atoms with van der Waals surface area (Å²) in [5.41, 5.74) is 0. The Balaban J connectivity index is 2.30. The molecule has 0 aromatic heterocycles. The normalized spacial score (nSPS) is 20.9. The molecular weight excluding hydrogens is 194 g/mol. The van der Waals surface area contributed by atoms with Gasteiger partial charge >= 0.3 is 6.03 Å². The molecule has 1 heterocycles. The summed E-state index contributed by atoms with van der Waals surface area (Å²) in [4.78, 5) is 24.3. The van der Waals surface area contributed by atoms with Crippen LogP contribution in [0.5, 0.6) is 0 Å². The number of amides is 3. The monoisotopic (exact) mass is 213 g/mol. The van der Waals surface area contributed by atoms with Gasteiger partial charge in [-0.1, -0.05) is 6.92 Å². The highest BCUT2D eigenvalue weighted by atomic mass is 16.2. The second-order valence-corrected chi connectivity index (χ2v) is 4.03. The smallest absolute Gasteiger partial charge is 0.317 e. The molecule has 1 saturated heterocycles. The van der Waals surface area contributed by atoms with Gasteiger partial charge in [-0.05, 0) is 18.8 Å². The summed E-state index contributed by atoms with van der Waals surface area (Å²) >= 11 is 0. The van der Waals surface area contributed by atoms with Crippen molar-refractivity contribution in [3.05, 3.63) is 0 Å². The molecule has 15 heavy (non-hydrogen) atoms. The van der Waals surface area contributed by atoms with Gasteiger partial charge in [-0.25, -0.2) is 4.79 Å². The first-order valence-electron chi connectivity index (χ1n) is 5.37.